The molecule has 2 saturated carbocycles. The van der Waals surface area contributed by atoms with Crippen LogP contribution in [0.2, 0.25) is 0 Å². The molecule has 32 heavy (non-hydrogen) atoms. The Morgan fingerprint density at radius 1 is 0.750 bits per heavy atom. The van der Waals surface area contributed by atoms with Crippen molar-refractivity contribution in [2.45, 2.75) is 110 Å². The first-order valence-corrected chi connectivity index (χ1v) is 13.6. The highest BCUT2D eigenvalue weighted by atomic mass is 16.5. The van der Waals surface area contributed by atoms with Gasteiger partial charge in [-0.2, -0.15) is 0 Å². The SMILES string of the molecule is CCCCCCCC1CCC(C2CCC(C(=O)Oc3ccc(OCCC)cc3)CC2)CC1. The molecule has 0 N–H and O–H groups in total. The number of unbranched alkanes of at least 4 members (excludes halogenated alkanes) is 4. The first-order chi connectivity index (χ1) is 15.7. The predicted molar refractivity (Wildman–Crippen MR) is 132 cm³/mol. The minimum atomic E-state index is -0.0440. The van der Waals surface area contributed by atoms with Crippen LogP contribution in [0.25, 0.3) is 0 Å². The van der Waals surface area contributed by atoms with Crippen LogP contribution in [-0.2, 0) is 4.79 Å². The van der Waals surface area contributed by atoms with E-state index in [-0.39, 0.29) is 11.9 Å². The lowest BCUT2D eigenvalue weighted by Gasteiger charge is -2.37. The molecule has 0 atom stereocenters. The Morgan fingerprint density at radius 3 is 1.97 bits per heavy atom. The Morgan fingerprint density at radius 2 is 1.34 bits per heavy atom. The summed E-state index contributed by atoms with van der Waals surface area (Å²) in [6, 6.07) is 7.46. The lowest BCUT2D eigenvalue weighted by Crippen LogP contribution is -2.30. The highest BCUT2D eigenvalue weighted by molar-refractivity contribution is 5.75. The smallest absolute Gasteiger partial charge is 0.314 e. The third-order valence-electron chi connectivity index (χ3n) is 7.89. The standard InChI is InChI=1S/C29H46O3/c1-3-5-6-7-8-9-23-10-12-24(13-11-23)25-14-16-26(17-15-25)29(30)32-28-20-18-27(19-21-28)31-22-4-2/h18-21,23-26H,3-17,22H2,1-2H3. The number of rotatable bonds is 12. The number of esters is 1. The monoisotopic (exact) mass is 442 g/mol. The van der Waals surface area contributed by atoms with Gasteiger partial charge in [-0.1, -0.05) is 65.2 Å². The van der Waals surface area contributed by atoms with Gasteiger partial charge in [0.25, 0.3) is 0 Å². The Hall–Kier alpha value is -1.51. The maximum Gasteiger partial charge on any atom is 0.314 e. The Balaban J connectivity index is 1.32. The van der Waals surface area contributed by atoms with Crippen molar-refractivity contribution in [2.24, 2.45) is 23.7 Å². The van der Waals surface area contributed by atoms with Gasteiger partial charge in [0.2, 0.25) is 0 Å². The zero-order chi connectivity index (χ0) is 22.6. The van der Waals surface area contributed by atoms with E-state index in [0.29, 0.717) is 12.4 Å². The van der Waals surface area contributed by atoms with Crippen LogP contribution in [0.15, 0.2) is 24.3 Å². The second kappa shape index (κ2) is 13.9. The summed E-state index contributed by atoms with van der Waals surface area (Å²) in [5.74, 6) is 4.21. The van der Waals surface area contributed by atoms with Crippen LogP contribution in [0.5, 0.6) is 11.5 Å². The first-order valence-electron chi connectivity index (χ1n) is 13.6. The van der Waals surface area contributed by atoms with E-state index >= 15 is 0 Å². The molecule has 0 spiro atoms. The lowest BCUT2D eigenvalue weighted by molar-refractivity contribution is -0.140. The number of hydrogen-bond donors (Lipinski definition) is 0. The topological polar surface area (TPSA) is 35.5 Å². The Labute approximate surface area is 196 Å². The molecule has 0 radical (unpaired) electrons. The third kappa shape index (κ3) is 8.12. The van der Waals surface area contributed by atoms with E-state index < -0.39 is 0 Å². The molecule has 1 aromatic carbocycles. The van der Waals surface area contributed by atoms with Gasteiger partial charge in [0, 0.05) is 0 Å². The van der Waals surface area contributed by atoms with Crippen molar-refractivity contribution in [2.75, 3.05) is 6.61 Å². The van der Waals surface area contributed by atoms with E-state index in [0.717, 1.165) is 42.8 Å². The Kier molecular flexibility index (Phi) is 10.9. The molecule has 0 unspecified atom stereocenters. The molecule has 0 aromatic heterocycles. The Bertz CT molecular complexity index is 637. The maximum atomic E-state index is 12.7. The van der Waals surface area contributed by atoms with Crippen molar-refractivity contribution in [3.63, 3.8) is 0 Å². The fourth-order valence-electron chi connectivity index (χ4n) is 5.83. The normalized spacial score (nSPS) is 25.9. The maximum absolute atomic E-state index is 12.7. The van der Waals surface area contributed by atoms with Crippen LogP contribution < -0.4 is 9.47 Å². The largest absolute Gasteiger partial charge is 0.494 e. The van der Waals surface area contributed by atoms with Gasteiger partial charge in [0.05, 0.1) is 12.5 Å². The zero-order valence-corrected chi connectivity index (χ0v) is 20.7. The van der Waals surface area contributed by atoms with E-state index in [1.54, 1.807) is 0 Å². The van der Waals surface area contributed by atoms with E-state index in [4.69, 9.17) is 9.47 Å². The van der Waals surface area contributed by atoms with Crippen LogP contribution in [-0.4, -0.2) is 12.6 Å². The van der Waals surface area contributed by atoms with Crippen molar-refractivity contribution < 1.29 is 14.3 Å². The second-order valence-corrected chi connectivity index (χ2v) is 10.3. The molecule has 180 valence electrons. The van der Waals surface area contributed by atoms with Gasteiger partial charge in [0.1, 0.15) is 11.5 Å². The molecule has 3 heteroatoms. The van der Waals surface area contributed by atoms with E-state index in [2.05, 4.69) is 13.8 Å². The number of benzene rings is 1. The molecule has 2 aliphatic carbocycles. The average molecular weight is 443 g/mol. The van der Waals surface area contributed by atoms with Crippen LogP contribution in [0.3, 0.4) is 0 Å². The fraction of sp³-hybridized carbons (Fsp3) is 0.759. The molecule has 0 aliphatic heterocycles. The summed E-state index contributed by atoms with van der Waals surface area (Å²) in [4.78, 5) is 12.7. The quantitative estimate of drug-likeness (QED) is 0.185. The first kappa shape index (κ1) is 25.1. The van der Waals surface area contributed by atoms with Crippen LogP contribution >= 0.6 is 0 Å². The highest BCUT2D eigenvalue weighted by Crippen LogP contribution is 2.42. The van der Waals surface area contributed by atoms with Gasteiger partial charge < -0.3 is 9.47 Å². The molecule has 2 aliphatic rings. The molecular formula is C29H46O3. The second-order valence-electron chi connectivity index (χ2n) is 10.3. The highest BCUT2D eigenvalue weighted by Gasteiger charge is 2.33. The van der Waals surface area contributed by atoms with Crippen molar-refractivity contribution in [3.8, 4) is 11.5 Å². The summed E-state index contributed by atoms with van der Waals surface area (Å²) < 4.78 is 11.3. The van der Waals surface area contributed by atoms with Gasteiger partial charge in [-0.15, -0.1) is 0 Å². The molecule has 0 heterocycles. The summed E-state index contributed by atoms with van der Waals surface area (Å²) in [7, 11) is 0. The minimum Gasteiger partial charge on any atom is -0.494 e. The van der Waals surface area contributed by atoms with Crippen molar-refractivity contribution in [3.05, 3.63) is 24.3 Å². The minimum absolute atomic E-state index is 0.0440. The predicted octanol–water partition coefficient (Wildman–Crippen LogP) is 8.35. The number of carbonyl (C=O) groups is 1. The molecule has 3 nitrogen and oxygen atoms in total. The molecule has 0 saturated heterocycles. The number of carbonyl (C=O) groups excluding carboxylic acids is 1. The van der Waals surface area contributed by atoms with Crippen molar-refractivity contribution in [1.82, 2.24) is 0 Å². The summed E-state index contributed by atoms with van der Waals surface area (Å²) in [5.41, 5.74) is 0. The van der Waals surface area contributed by atoms with Gasteiger partial charge in [0.15, 0.2) is 0 Å². The van der Waals surface area contributed by atoms with Crippen LogP contribution in [0.4, 0.5) is 0 Å². The van der Waals surface area contributed by atoms with Crippen molar-refractivity contribution >= 4 is 5.97 Å². The lowest BCUT2D eigenvalue weighted by atomic mass is 9.68. The van der Waals surface area contributed by atoms with Gasteiger partial charge in [-0.3, -0.25) is 4.79 Å². The van der Waals surface area contributed by atoms with Crippen LogP contribution in [0.1, 0.15) is 110 Å². The molecule has 1 aromatic rings. The third-order valence-corrected chi connectivity index (χ3v) is 7.89. The van der Waals surface area contributed by atoms with E-state index in [9.17, 15) is 4.79 Å². The number of hydrogen-bond acceptors (Lipinski definition) is 3. The summed E-state index contributed by atoms with van der Waals surface area (Å²) in [6.07, 6.45) is 19.6. The fourth-order valence-corrected chi connectivity index (χ4v) is 5.83. The summed E-state index contributed by atoms with van der Waals surface area (Å²) >= 11 is 0. The van der Waals surface area contributed by atoms with E-state index in [1.165, 1.54) is 77.0 Å². The van der Waals surface area contributed by atoms with Crippen molar-refractivity contribution in [1.29, 1.82) is 0 Å². The average Bonchev–Trinajstić information content (AvgIpc) is 2.84. The van der Waals surface area contributed by atoms with Gasteiger partial charge in [-0.25, -0.2) is 0 Å². The summed E-state index contributed by atoms with van der Waals surface area (Å²) in [5, 5.41) is 0. The molecule has 2 fully saturated rings. The van der Waals surface area contributed by atoms with Gasteiger partial charge >= 0.3 is 5.97 Å². The molecule has 0 bridgehead atoms. The molecule has 3 rings (SSSR count). The van der Waals surface area contributed by atoms with Crippen LogP contribution in [0, 0.1) is 23.7 Å². The summed E-state index contributed by atoms with van der Waals surface area (Å²) in [6.45, 7) is 5.09. The molecule has 0 amide bonds. The molecular weight excluding hydrogens is 396 g/mol. The van der Waals surface area contributed by atoms with E-state index in [1.807, 2.05) is 24.3 Å². The number of ether oxygens (including phenoxy) is 2. The zero-order valence-electron chi connectivity index (χ0n) is 20.7. The van der Waals surface area contributed by atoms with Gasteiger partial charge in [-0.05, 0) is 87.0 Å².